The molecule has 16 heavy (non-hydrogen) atoms. The lowest BCUT2D eigenvalue weighted by molar-refractivity contribution is 0.0954. The summed E-state index contributed by atoms with van der Waals surface area (Å²) in [5, 5.41) is 0. The molecule has 1 heterocycles. The molecule has 0 aromatic heterocycles. The minimum absolute atomic E-state index is 0.809. The fourth-order valence-electron chi connectivity index (χ4n) is 3.47. The van der Waals surface area contributed by atoms with Crippen molar-refractivity contribution in [1.29, 1.82) is 0 Å². The van der Waals surface area contributed by atoms with Crippen LogP contribution in [-0.2, 0) is 0 Å². The van der Waals surface area contributed by atoms with Crippen LogP contribution in [0.2, 0.25) is 0 Å². The molecule has 2 nitrogen and oxygen atoms in total. The van der Waals surface area contributed by atoms with Gasteiger partial charge in [-0.3, -0.25) is 0 Å². The molecule has 0 aromatic rings. The summed E-state index contributed by atoms with van der Waals surface area (Å²) in [5.41, 5.74) is 5.74. The Morgan fingerprint density at radius 1 is 0.938 bits per heavy atom. The van der Waals surface area contributed by atoms with E-state index in [1.165, 1.54) is 58.0 Å². The number of piperidine rings is 1. The summed E-state index contributed by atoms with van der Waals surface area (Å²) >= 11 is 0. The van der Waals surface area contributed by atoms with Crippen molar-refractivity contribution < 1.29 is 0 Å². The molecule has 2 heteroatoms. The molecule has 1 saturated heterocycles. The van der Waals surface area contributed by atoms with Gasteiger partial charge in [0.15, 0.2) is 0 Å². The third-order valence-corrected chi connectivity index (χ3v) is 4.89. The quantitative estimate of drug-likeness (QED) is 0.798. The van der Waals surface area contributed by atoms with E-state index in [4.69, 9.17) is 5.73 Å². The lowest BCUT2D eigenvalue weighted by Crippen LogP contribution is -2.44. The lowest BCUT2D eigenvalue weighted by atomic mass is 9.83. The first-order valence-electron chi connectivity index (χ1n) is 7.27. The summed E-state index contributed by atoms with van der Waals surface area (Å²) in [6, 6.07) is 0.904. The molecular formula is C14H28N2. The lowest BCUT2D eigenvalue weighted by Gasteiger charge is -2.40. The van der Waals surface area contributed by atoms with Gasteiger partial charge in [0.1, 0.15) is 0 Å². The van der Waals surface area contributed by atoms with E-state index in [2.05, 4.69) is 11.8 Å². The molecule has 0 bridgehead atoms. The first-order valence-corrected chi connectivity index (χ1v) is 7.27. The third-order valence-electron chi connectivity index (χ3n) is 4.89. The second-order valence-electron chi connectivity index (χ2n) is 5.80. The van der Waals surface area contributed by atoms with Gasteiger partial charge in [0, 0.05) is 6.04 Å². The predicted octanol–water partition coefficient (Wildman–Crippen LogP) is 2.63. The van der Waals surface area contributed by atoms with Crippen LogP contribution in [0.5, 0.6) is 0 Å². The Morgan fingerprint density at radius 2 is 1.56 bits per heavy atom. The van der Waals surface area contributed by atoms with Crippen molar-refractivity contribution >= 4 is 0 Å². The van der Waals surface area contributed by atoms with Crippen molar-refractivity contribution in [3.05, 3.63) is 0 Å². The second kappa shape index (κ2) is 6.02. The van der Waals surface area contributed by atoms with Gasteiger partial charge in [-0.05, 0) is 70.0 Å². The van der Waals surface area contributed by atoms with Gasteiger partial charge in [-0.1, -0.05) is 13.3 Å². The van der Waals surface area contributed by atoms with Gasteiger partial charge < -0.3 is 10.6 Å². The van der Waals surface area contributed by atoms with Crippen LogP contribution in [0.25, 0.3) is 0 Å². The first-order chi connectivity index (χ1) is 7.83. The average Bonchev–Trinajstić information content (AvgIpc) is 2.39. The minimum atomic E-state index is 0.809. The molecule has 2 rings (SSSR count). The van der Waals surface area contributed by atoms with E-state index in [9.17, 15) is 0 Å². The molecule has 2 aliphatic rings. The minimum Gasteiger partial charge on any atom is -0.330 e. The largest absolute Gasteiger partial charge is 0.330 e. The van der Waals surface area contributed by atoms with Crippen molar-refractivity contribution in [2.75, 3.05) is 19.6 Å². The van der Waals surface area contributed by atoms with Crippen LogP contribution >= 0.6 is 0 Å². The highest BCUT2D eigenvalue weighted by atomic mass is 15.2. The molecule has 2 N–H and O–H groups in total. The maximum absolute atomic E-state index is 5.74. The molecule has 0 aromatic carbocycles. The molecular weight excluding hydrogens is 196 g/mol. The fourth-order valence-corrected chi connectivity index (χ4v) is 3.47. The van der Waals surface area contributed by atoms with Gasteiger partial charge in [0.05, 0.1) is 0 Å². The summed E-state index contributed by atoms with van der Waals surface area (Å²) in [6.45, 7) is 5.86. The topological polar surface area (TPSA) is 29.3 Å². The van der Waals surface area contributed by atoms with E-state index in [1.54, 1.807) is 0 Å². The van der Waals surface area contributed by atoms with Crippen LogP contribution in [0.4, 0.5) is 0 Å². The molecule has 1 aliphatic heterocycles. The summed E-state index contributed by atoms with van der Waals surface area (Å²) in [4.78, 5) is 2.75. The van der Waals surface area contributed by atoms with Gasteiger partial charge in [-0.15, -0.1) is 0 Å². The first kappa shape index (κ1) is 12.4. The van der Waals surface area contributed by atoms with Crippen LogP contribution in [-0.4, -0.2) is 30.6 Å². The molecule has 94 valence electrons. The number of hydrogen-bond acceptors (Lipinski definition) is 2. The molecule has 0 unspecified atom stereocenters. The zero-order valence-electron chi connectivity index (χ0n) is 10.8. The van der Waals surface area contributed by atoms with Gasteiger partial charge in [0.2, 0.25) is 0 Å². The van der Waals surface area contributed by atoms with Crippen molar-refractivity contribution in [3.8, 4) is 0 Å². The maximum atomic E-state index is 5.74. The fraction of sp³-hybridized carbons (Fsp3) is 1.00. The molecule has 0 atom stereocenters. The number of rotatable bonds is 3. The SMILES string of the molecule is CCC1CCC(N2CCC(CN)CC2)CC1. The van der Waals surface area contributed by atoms with E-state index in [0.29, 0.717) is 0 Å². The highest BCUT2D eigenvalue weighted by Gasteiger charge is 2.27. The summed E-state index contributed by atoms with van der Waals surface area (Å²) in [5.74, 6) is 1.83. The summed E-state index contributed by atoms with van der Waals surface area (Å²) in [7, 11) is 0. The molecule has 1 aliphatic carbocycles. The Balaban J connectivity index is 1.73. The van der Waals surface area contributed by atoms with Crippen molar-refractivity contribution in [1.82, 2.24) is 4.90 Å². The van der Waals surface area contributed by atoms with E-state index in [0.717, 1.165) is 24.4 Å². The second-order valence-corrected chi connectivity index (χ2v) is 5.80. The Labute approximate surface area is 101 Å². The zero-order chi connectivity index (χ0) is 11.4. The number of nitrogens with two attached hydrogens (primary N) is 1. The van der Waals surface area contributed by atoms with Crippen molar-refractivity contribution in [3.63, 3.8) is 0 Å². The van der Waals surface area contributed by atoms with Crippen LogP contribution < -0.4 is 5.73 Å². The monoisotopic (exact) mass is 224 g/mol. The van der Waals surface area contributed by atoms with E-state index in [1.807, 2.05) is 0 Å². The highest BCUT2D eigenvalue weighted by molar-refractivity contribution is 4.82. The Hall–Kier alpha value is -0.0800. The summed E-state index contributed by atoms with van der Waals surface area (Å²) < 4.78 is 0. The van der Waals surface area contributed by atoms with E-state index in [-0.39, 0.29) is 0 Å². The maximum Gasteiger partial charge on any atom is 0.00954 e. The molecule has 0 spiro atoms. The van der Waals surface area contributed by atoms with E-state index >= 15 is 0 Å². The Bertz CT molecular complexity index is 167. The van der Waals surface area contributed by atoms with E-state index < -0.39 is 0 Å². The van der Waals surface area contributed by atoms with Gasteiger partial charge in [-0.25, -0.2) is 0 Å². The smallest absolute Gasteiger partial charge is 0.00954 e. The van der Waals surface area contributed by atoms with Crippen LogP contribution in [0.3, 0.4) is 0 Å². The third kappa shape index (κ3) is 2.98. The zero-order valence-corrected chi connectivity index (χ0v) is 10.8. The van der Waals surface area contributed by atoms with Crippen molar-refractivity contribution in [2.45, 2.75) is 57.9 Å². The van der Waals surface area contributed by atoms with Gasteiger partial charge in [-0.2, -0.15) is 0 Å². The highest BCUT2D eigenvalue weighted by Crippen LogP contribution is 2.31. The molecule has 1 saturated carbocycles. The number of hydrogen-bond donors (Lipinski definition) is 1. The van der Waals surface area contributed by atoms with Crippen LogP contribution in [0.1, 0.15) is 51.9 Å². The average molecular weight is 224 g/mol. The Morgan fingerprint density at radius 3 is 2.06 bits per heavy atom. The predicted molar refractivity (Wildman–Crippen MR) is 69.4 cm³/mol. The molecule has 0 amide bonds. The number of likely N-dealkylation sites (tertiary alicyclic amines) is 1. The van der Waals surface area contributed by atoms with Gasteiger partial charge in [0.25, 0.3) is 0 Å². The number of nitrogens with zero attached hydrogens (tertiary/aromatic N) is 1. The Kier molecular flexibility index (Phi) is 4.66. The standard InChI is InChI=1S/C14H28N2/c1-2-12-3-5-14(6-4-12)16-9-7-13(11-15)8-10-16/h12-14H,2-11,15H2,1H3. The normalized spacial score (nSPS) is 34.1. The van der Waals surface area contributed by atoms with Gasteiger partial charge >= 0.3 is 0 Å². The summed E-state index contributed by atoms with van der Waals surface area (Å²) in [6.07, 6.45) is 9.91. The van der Waals surface area contributed by atoms with Crippen molar-refractivity contribution in [2.24, 2.45) is 17.6 Å². The molecule has 2 fully saturated rings. The van der Waals surface area contributed by atoms with Crippen LogP contribution in [0.15, 0.2) is 0 Å². The molecule has 0 radical (unpaired) electrons. The van der Waals surface area contributed by atoms with Crippen LogP contribution in [0, 0.1) is 11.8 Å².